The topological polar surface area (TPSA) is 69.6 Å². The van der Waals surface area contributed by atoms with Crippen LogP contribution in [0.15, 0.2) is 0 Å². The molecule has 1 saturated carbocycles. The second-order valence-corrected chi connectivity index (χ2v) is 5.39. The van der Waals surface area contributed by atoms with Gasteiger partial charge in [-0.15, -0.1) is 10.2 Å². The molecule has 1 aromatic rings. The molecule has 0 atom stereocenters. The van der Waals surface area contributed by atoms with E-state index < -0.39 is 0 Å². The predicted octanol–water partition coefficient (Wildman–Crippen LogP) is 0.808. The van der Waals surface area contributed by atoms with Crippen molar-refractivity contribution < 1.29 is 0 Å². The highest BCUT2D eigenvalue weighted by Gasteiger charge is 2.47. The van der Waals surface area contributed by atoms with Gasteiger partial charge < -0.3 is 5.73 Å². The Hall–Kier alpha value is -0.970. The third kappa shape index (κ3) is 1.88. The van der Waals surface area contributed by atoms with Gasteiger partial charge in [0.15, 0.2) is 5.82 Å². The van der Waals surface area contributed by atoms with Crippen molar-refractivity contribution in [2.45, 2.75) is 51.0 Å². The van der Waals surface area contributed by atoms with E-state index in [2.05, 4.69) is 36.2 Å². The predicted molar refractivity (Wildman–Crippen MR) is 57.4 cm³/mol. The van der Waals surface area contributed by atoms with Gasteiger partial charge in [0.2, 0.25) is 0 Å². The van der Waals surface area contributed by atoms with Crippen LogP contribution in [-0.4, -0.2) is 26.8 Å². The molecular weight excluding hydrogens is 190 g/mol. The van der Waals surface area contributed by atoms with E-state index in [0.717, 1.165) is 25.1 Å². The van der Waals surface area contributed by atoms with Crippen LogP contribution in [0.3, 0.4) is 0 Å². The van der Waals surface area contributed by atoms with Crippen molar-refractivity contribution in [3.05, 3.63) is 5.82 Å². The molecule has 1 aliphatic carbocycles. The molecule has 0 amide bonds. The minimum Gasteiger partial charge on any atom is -0.330 e. The van der Waals surface area contributed by atoms with Crippen LogP contribution in [0.25, 0.3) is 0 Å². The Morgan fingerprint density at radius 2 is 2.07 bits per heavy atom. The second kappa shape index (κ2) is 3.27. The third-order valence-electron chi connectivity index (χ3n) is 2.96. The number of rotatable bonds is 3. The molecule has 0 unspecified atom stereocenters. The summed E-state index contributed by atoms with van der Waals surface area (Å²) in [6.07, 6.45) is 3.28. The molecule has 1 aliphatic rings. The molecule has 2 rings (SSSR count). The molecule has 1 fully saturated rings. The molecule has 5 nitrogen and oxygen atoms in total. The molecule has 0 aromatic carbocycles. The number of aromatic nitrogens is 4. The van der Waals surface area contributed by atoms with Crippen LogP contribution >= 0.6 is 0 Å². The highest BCUT2D eigenvalue weighted by molar-refractivity contribution is 5.15. The Morgan fingerprint density at radius 3 is 2.47 bits per heavy atom. The van der Waals surface area contributed by atoms with E-state index in [1.807, 2.05) is 0 Å². The summed E-state index contributed by atoms with van der Waals surface area (Å²) in [5.41, 5.74) is 5.66. The highest BCUT2D eigenvalue weighted by Crippen LogP contribution is 2.49. The van der Waals surface area contributed by atoms with Gasteiger partial charge in [-0.2, -0.15) is 4.80 Å². The largest absolute Gasteiger partial charge is 0.330 e. The molecule has 0 bridgehead atoms. The maximum atomic E-state index is 5.60. The Morgan fingerprint density at radius 1 is 1.40 bits per heavy atom. The molecule has 2 N–H and O–H groups in total. The summed E-state index contributed by atoms with van der Waals surface area (Å²) >= 11 is 0. The zero-order valence-corrected chi connectivity index (χ0v) is 9.69. The van der Waals surface area contributed by atoms with Crippen molar-refractivity contribution in [3.63, 3.8) is 0 Å². The summed E-state index contributed by atoms with van der Waals surface area (Å²) in [4.78, 5) is 1.69. The molecule has 1 heterocycles. The Kier molecular flexibility index (Phi) is 2.30. The Bertz CT molecular complexity index is 345. The standard InChI is InChI=1S/C10H19N5/c1-9(2,3)15-13-8(12-14-15)10(4-5-10)6-7-11/h4-7,11H2,1-3H3. The maximum Gasteiger partial charge on any atom is 0.181 e. The minimum atomic E-state index is -0.0932. The van der Waals surface area contributed by atoms with Crippen molar-refractivity contribution in [2.24, 2.45) is 5.73 Å². The molecule has 15 heavy (non-hydrogen) atoms. The van der Waals surface area contributed by atoms with Gasteiger partial charge in [-0.3, -0.25) is 0 Å². The van der Waals surface area contributed by atoms with Crippen LogP contribution in [0.2, 0.25) is 0 Å². The number of nitrogens with two attached hydrogens (primary N) is 1. The average molecular weight is 209 g/mol. The number of tetrazole rings is 1. The van der Waals surface area contributed by atoms with Crippen molar-refractivity contribution in [3.8, 4) is 0 Å². The zero-order valence-electron chi connectivity index (χ0n) is 9.69. The molecule has 0 radical (unpaired) electrons. The lowest BCUT2D eigenvalue weighted by Gasteiger charge is -2.15. The van der Waals surface area contributed by atoms with E-state index in [9.17, 15) is 0 Å². The van der Waals surface area contributed by atoms with Crippen LogP contribution in [0, 0.1) is 0 Å². The summed E-state index contributed by atoms with van der Waals surface area (Å²) in [6, 6.07) is 0. The van der Waals surface area contributed by atoms with E-state index in [1.54, 1.807) is 4.80 Å². The van der Waals surface area contributed by atoms with Gasteiger partial charge in [0.25, 0.3) is 0 Å². The van der Waals surface area contributed by atoms with E-state index in [1.165, 1.54) is 0 Å². The average Bonchev–Trinajstić information content (AvgIpc) is 2.75. The SMILES string of the molecule is CC(C)(C)n1nnc(C2(CCN)CC2)n1. The zero-order chi connectivity index (χ0) is 11.1. The summed E-state index contributed by atoms with van der Waals surface area (Å²) in [5.74, 6) is 0.878. The molecular formula is C10H19N5. The molecule has 84 valence electrons. The first-order chi connectivity index (χ1) is 6.98. The number of hydrogen-bond acceptors (Lipinski definition) is 4. The van der Waals surface area contributed by atoms with Crippen LogP contribution < -0.4 is 5.73 Å². The molecule has 0 spiro atoms. The summed E-state index contributed by atoms with van der Waals surface area (Å²) < 4.78 is 0. The summed E-state index contributed by atoms with van der Waals surface area (Å²) in [5, 5.41) is 12.7. The number of nitrogens with zero attached hydrogens (tertiary/aromatic N) is 4. The third-order valence-corrected chi connectivity index (χ3v) is 2.96. The Balaban J connectivity index is 2.21. The summed E-state index contributed by atoms with van der Waals surface area (Å²) in [6.45, 7) is 6.91. The fourth-order valence-electron chi connectivity index (χ4n) is 1.72. The van der Waals surface area contributed by atoms with E-state index in [0.29, 0.717) is 6.54 Å². The van der Waals surface area contributed by atoms with Gasteiger partial charge in [-0.25, -0.2) is 0 Å². The lowest BCUT2D eigenvalue weighted by molar-refractivity contribution is 0.304. The normalized spacial score (nSPS) is 19.2. The maximum absolute atomic E-state index is 5.60. The molecule has 0 saturated heterocycles. The summed E-state index contributed by atoms with van der Waals surface area (Å²) in [7, 11) is 0. The van der Waals surface area contributed by atoms with Crippen molar-refractivity contribution in [1.82, 2.24) is 20.2 Å². The first-order valence-electron chi connectivity index (χ1n) is 5.49. The van der Waals surface area contributed by atoms with Gasteiger partial charge in [0, 0.05) is 5.41 Å². The van der Waals surface area contributed by atoms with Gasteiger partial charge in [0.05, 0.1) is 5.54 Å². The van der Waals surface area contributed by atoms with E-state index in [-0.39, 0.29) is 11.0 Å². The minimum absolute atomic E-state index is 0.0932. The van der Waals surface area contributed by atoms with Crippen LogP contribution in [0.1, 0.15) is 45.9 Å². The van der Waals surface area contributed by atoms with Gasteiger partial charge in [0.1, 0.15) is 0 Å². The Labute approximate surface area is 90.0 Å². The fraction of sp³-hybridized carbons (Fsp3) is 0.900. The fourth-order valence-corrected chi connectivity index (χ4v) is 1.72. The second-order valence-electron chi connectivity index (χ2n) is 5.39. The van der Waals surface area contributed by atoms with E-state index in [4.69, 9.17) is 5.73 Å². The van der Waals surface area contributed by atoms with E-state index >= 15 is 0 Å². The van der Waals surface area contributed by atoms with Crippen molar-refractivity contribution in [1.29, 1.82) is 0 Å². The lowest BCUT2D eigenvalue weighted by Crippen LogP contribution is -2.25. The molecule has 0 aliphatic heterocycles. The first kappa shape index (κ1) is 10.5. The van der Waals surface area contributed by atoms with Crippen LogP contribution in [0.5, 0.6) is 0 Å². The van der Waals surface area contributed by atoms with Crippen molar-refractivity contribution >= 4 is 0 Å². The highest BCUT2D eigenvalue weighted by atomic mass is 15.6. The lowest BCUT2D eigenvalue weighted by atomic mass is 10.0. The van der Waals surface area contributed by atoms with Gasteiger partial charge >= 0.3 is 0 Å². The van der Waals surface area contributed by atoms with Crippen LogP contribution in [0.4, 0.5) is 0 Å². The van der Waals surface area contributed by atoms with Gasteiger partial charge in [-0.05, 0) is 51.8 Å². The first-order valence-corrected chi connectivity index (χ1v) is 5.49. The quantitative estimate of drug-likeness (QED) is 0.799. The van der Waals surface area contributed by atoms with Crippen molar-refractivity contribution in [2.75, 3.05) is 6.54 Å². The molecule has 1 aromatic heterocycles. The van der Waals surface area contributed by atoms with Gasteiger partial charge in [-0.1, -0.05) is 0 Å². The van der Waals surface area contributed by atoms with Crippen LogP contribution in [-0.2, 0) is 11.0 Å². The molecule has 5 heteroatoms. The monoisotopic (exact) mass is 209 g/mol. The smallest absolute Gasteiger partial charge is 0.181 e. The number of hydrogen-bond donors (Lipinski definition) is 1.